The van der Waals surface area contributed by atoms with E-state index in [4.69, 9.17) is 0 Å². The van der Waals surface area contributed by atoms with Crippen molar-refractivity contribution in [3.8, 4) is 0 Å². The van der Waals surface area contributed by atoms with Crippen LogP contribution in [0, 0.1) is 5.92 Å². The molecule has 1 saturated carbocycles. The van der Waals surface area contributed by atoms with Crippen molar-refractivity contribution in [3.63, 3.8) is 0 Å². The van der Waals surface area contributed by atoms with Gasteiger partial charge < -0.3 is 4.57 Å². The second-order valence-corrected chi connectivity index (χ2v) is 4.46. The maximum Gasteiger partial charge on any atom is 0.195 e. The molecule has 0 N–H and O–H groups in total. The minimum atomic E-state index is 0.0656. The number of carbonyl (C=O) groups excluding carboxylic acids is 1. The Kier molecular flexibility index (Phi) is 3.19. The summed E-state index contributed by atoms with van der Waals surface area (Å²) in [6.45, 7) is 2.55. The van der Waals surface area contributed by atoms with Crippen LogP contribution in [-0.4, -0.2) is 15.3 Å². The summed E-state index contributed by atoms with van der Waals surface area (Å²) < 4.78 is 2.01. The molecule has 0 aliphatic heterocycles. The molecule has 2 rings (SSSR count). The molecule has 1 aromatic rings. The van der Waals surface area contributed by atoms with E-state index in [1.165, 1.54) is 32.1 Å². The minimum absolute atomic E-state index is 0.0656. The van der Waals surface area contributed by atoms with Crippen molar-refractivity contribution in [2.24, 2.45) is 5.92 Å². The molecule has 3 heteroatoms. The number of carbonyl (C=O) groups is 1. The Balaban J connectivity index is 2.03. The normalized spacial score (nSPS) is 17.9. The average molecular weight is 206 g/mol. The molecule has 0 bridgehead atoms. The summed E-state index contributed by atoms with van der Waals surface area (Å²) >= 11 is 0. The second kappa shape index (κ2) is 4.60. The van der Waals surface area contributed by atoms with Gasteiger partial charge in [0.1, 0.15) is 0 Å². The monoisotopic (exact) mass is 206 g/mol. The largest absolute Gasteiger partial charge is 0.328 e. The summed E-state index contributed by atoms with van der Waals surface area (Å²) in [6.07, 6.45) is 10.3. The third-order valence-electron chi connectivity index (χ3n) is 3.21. The van der Waals surface area contributed by atoms with Gasteiger partial charge in [0.25, 0.3) is 0 Å². The molecule has 0 saturated heterocycles. The SMILES string of the molecule is CC(=O)c1nccn1CC1CCCCC1. The summed E-state index contributed by atoms with van der Waals surface area (Å²) in [6, 6.07) is 0. The second-order valence-electron chi connectivity index (χ2n) is 4.46. The van der Waals surface area contributed by atoms with E-state index in [1.807, 2.05) is 10.8 Å². The summed E-state index contributed by atoms with van der Waals surface area (Å²) in [4.78, 5) is 15.4. The summed E-state index contributed by atoms with van der Waals surface area (Å²) in [5.41, 5.74) is 0. The molecule has 1 fully saturated rings. The van der Waals surface area contributed by atoms with E-state index in [2.05, 4.69) is 4.98 Å². The molecule has 1 aromatic heterocycles. The fourth-order valence-electron chi connectivity index (χ4n) is 2.42. The lowest BCUT2D eigenvalue weighted by Gasteiger charge is -2.22. The molecule has 82 valence electrons. The standard InChI is InChI=1S/C12H18N2O/c1-10(15)12-13-7-8-14(12)9-11-5-3-2-4-6-11/h7-8,11H,2-6,9H2,1H3. The van der Waals surface area contributed by atoms with Crippen LogP contribution in [0.5, 0.6) is 0 Å². The van der Waals surface area contributed by atoms with Crippen molar-refractivity contribution < 1.29 is 4.79 Å². The maximum atomic E-state index is 11.3. The van der Waals surface area contributed by atoms with Gasteiger partial charge in [-0.1, -0.05) is 19.3 Å². The van der Waals surface area contributed by atoms with E-state index >= 15 is 0 Å². The smallest absolute Gasteiger partial charge is 0.195 e. The Morgan fingerprint density at radius 3 is 2.87 bits per heavy atom. The van der Waals surface area contributed by atoms with Crippen molar-refractivity contribution in [3.05, 3.63) is 18.2 Å². The number of imidazole rings is 1. The molecular formula is C12H18N2O. The highest BCUT2D eigenvalue weighted by Gasteiger charge is 2.16. The Morgan fingerprint density at radius 1 is 1.47 bits per heavy atom. The third-order valence-corrected chi connectivity index (χ3v) is 3.21. The number of Topliss-reactive ketones (excluding diaryl/α,β-unsaturated/α-hetero) is 1. The van der Waals surface area contributed by atoms with Gasteiger partial charge in [-0.3, -0.25) is 4.79 Å². The molecule has 1 aliphatic carbocycles. The van der Waals surface area contributed by atoms with Gasteiger partial charge in [0.2, 0.25) is 0 Å². The molecule has 0 radical (unpaired) electrons. The van der Waals surface area contributed by atoms with Gasteiger partial charge in [-0.2, -0.15) is 0 Å². The van der Waals surface area contributed by atoms with Gasteiger partial charge >= 0.3 is 0 Å². The van der Waals surface area contributed by atoms with Crippen molar-refractivity contribution in [2.75, 3.05) is 0 Å². The highest BCUT2D eigenvalue weighted by Crippen LogP contribution is 2.25. The number of rotatable bonds is 3. The maximum absolute atomic E-state index is 11.3. The minimum Gasteiger partial charge on any atom is -0.328 e. The Morgan fingerprint density at radius 2 is 2.20 bits per heavy atom. The zero-order valence-corrected chi connectivity index (χ0v) is 9.28. The van der Waals surface area contributed by atoms with Crippen LogP contribution < -0.4 is 0 Å². The molecular weight excluding hydrogens is 188 g/mol. The number of hydrogen-bond acceptors (Lipinski definition) is 2. The van der Waals surface area contributed by atoms with Gasteiger partial charge in [0.05, 0.1) is 0 Å². The highest BCUT2D eigenvalue weighted by atomic mass is 16.1. The highest BCUT2D eigenvalue weighted by molar-refractivity contribution is 5.90. The van der Waals surface area contributed by atoms with Crippen LogP contribution in [0.25, 0.3) is 0 Å². The molecule has 15 heavy (non-hydrogen) atoms. The number of ketones is 1. The van der Waals surface area contributed by atoms with Gasteiger partial charge in [-0.25, -0.2) is 4.98 Å². The van der Waals surface area contributed by atoms with Crippen molar-refractivity contribution in [1.29, 1.82) is 0 Å². The van der Waals surface area contributed by atoms with Gasteiger partial charge in [-0.15, -0.1) is 0 Å². The topological polar surface area (TPSA) is 34.9 Å². The molecule has 0 unspecified atom stereocenters. The summed E-state index contributed by atoms with van der Waals surface area (Å²) in [5, 5.41) is 0. The molecule has 1 aliphatic rings. The van der Waals surface area contributed by atoms with Crippen LogP contribution in [0.4, 0.5) is 0 Å². The lowest BCUT2D eigenvalue weighted by atomic mass is 9.89. The van der Waals surface area contributed by atoms with Crippen LogP contribution in [0.15, 0.2) is 12.4 Å². The first-order valence-electron chi connectivity index (χ1n) is 5.79. The Bertz CT molecular complexity index is 337. The fraction of sp³-hybridized carbons (Fsp3) is 0.667. The first-order valence-corrected chi connectivity index (χ1v) is 5.79. The predicted molar refractivity (Wildman–Crippen MR) is 58.8 cm³/mol. The van der Waals surface area contributed by atoms with E-state index in [0.717, 1.165) is 12.5 Å². The van der Waals surface area contributed by atoms with Crippen LogP contribution >= 0.6 is 0 Å². The van der Waals surface area contributed by atoms with Crippen LogP contribution in [0.1, 0.15) is 49.6 Å². The Hall–Kier alpha value is -1.12. The molecule has 3 nitrogen and oxygen atoms in total. The number of nitrogens with zero attached hydrogens (tertiary/aromatic N) is 2. The van der Waals surface area contributed by atoms with Gasteiger partial charge in [0.15, 0.2) is 11.6 Å². The number of hydrogen-bond donors (Lipinski definition) is 0. The van der Waals surface area contributed by atoms with Crippen molar-refractivity contribution in [1.82, 2.24) is 9.55 Å². The van der Waals surface area contributed by atoms with Crippen LogP contribution in [0.2, 0.25) is 0 Å². The average Bonchev–Trinajstić information content (AvgIpc) is 2.67. The lowest BCUT2D eigenvalue weighted by Crippen LogP contribution is -2.16. The van der Waals surface area contributed by atoms with Crippen LogP contribution in [-0.2, 0) is 6.54 Å². The third kappa shape index (κ3) is 2.46. The van der Waals surface area contributed by atoms with E-state index < -0.39 is 0 Å². The Labute approximate surface area is 90.5 Å². The van der Waals surface area contributed by atoms with E-state index in [9.17, 15) is 4.79 Å². The lowest BCUT2D eigenvalue weighted by molar-refractivity contribution is 0.0997. The van der Waals surface area contributed by atoms with E-state index in [1.54, 1.807) is 13.1 Å². The van der Waals surface area contributed by atoms with Crippen molar-refractivity contribution in [2.45, 2.75) is 45.6 Å². The fourth-order valence-corrected chi connectivity index (χ4v) is 2.42. The molecule has 0 atom stereocenters. The van der Waals surface area contributed by atoms with Gasteiger partial charge in [0, 0.05) is 25.9 Å². The van der Waals surface area contributed by atoms with E-state index in [-0.39, 0.29) is 5.78 Å². The van der Waals surface area contributed by atoms with E-state index in [0.29, 0.717) is 5.82 Å². The van der Waals surface area contributed by atoms with Crippen LogP contribution in [0.3, 0.4) is 0 Å². The van der Waals surface area contributed by atoms with Crippen molar-refractivity contribution >= 4 is 5.78 Å². The first-order chi connectivity index (χ1) is 7.27. The molecule has 1 heterocycles. The zero-order chi connectivity index (χ0) is 10.7. The molecule has 0 spiro atoms. The summed E-state index contributed by atoms with van der Waals surface area (Å²) in [7, 11) is 0. The first kappa shape index (κ1) is 10.4. The number of aromatic nitrogens is 2. The zero-order valence-electron chi connectivity index (χ0n) is 9.28. The van der Waals surface area contributed by atoms with Gasteiger partial charge in [-0.05, 0) is 18.8 Å². The quantitative estimate of drug-likeness (QED) is 0.713. The molecule has 0 amide bonds. The molecule has 0 aromatic carbocycles. The summed E-state index contributed by atoms with van der Waals surface area (Å²) in [5.74, 6) is 1.42. The predicted octanol–water partition coefficient (Wildman–Crippen LogP) is 2.67.